The molecule has 1 aromatic carbocycles. The molecule has 1 atom stereocenters. The van der Waals surface area contributed by atoms with Gasteiger partial charge >= 0.3 is 0 Å². The zero-order valence-corrected chi connectivity index (χ0v) is 13.6. The minimum Gasteiger partial charge on any atom is -0.490 e. The molecule has 2 aliphatic carbocycles. The molecule has 0 bridgehead atoms. The highest BCUT2D eigenvalue weighted by Gasteiger charge is 2.43. The second-order valence-electron chi connectivity index (χ2n) is 6.81. The van der Waals surface area contributed by atoms with Crippen LogP contribution >= 0.6 is 0 Å². The Bertz CT molecular complexity index is 459. The molecule has 0 heterocycles. The standard InChI is InChI=1S/C18H28N2O/c1-19-17(18(20(2)3)12-4-5-13-18)14-6-8-15(9-7-14)21-16-10-11-16/h6-9,16-17,19H,4-5,10-13H2,1-3H3. The number of nitrogens with zero attached hydrogens (tertiary/aromatic N) is 1. The average molecular weight is 288 g/mol. The molecule has 0 spiro atoms. The lowest BCUT2D eigenvalue weighted by Crippen LogP contribution is -2.51. The van der Waals surface area contributed by atoms with Crippen molar-refractivity contribution in [2.24, 2.45) is 0 Å². The molecule has 0 aliphatic heterocycles. The first-order valence-electron chi connectivity index (χ1n) is 8.27. The number of rotatable bonds is 6. The molecule has 3 rings (SSSR count). The van der Waals surface area contributed by atoms with Crippen molar-refractivity contribution in [1.82, 2.24) is 10.2 Å². The quantitative estimate of drug-likeness (QED) is 0.868. The second-order valence-corrected chi connectivity index (χ2v) is 6.81. The molecule has 2 fully saturated rings. The first-order chi connectivity index (χ1) is 10.2. The van der Waals surface area contributed by atoms with Gasteiger partial charge in [0.05, 0.1) is 12.1 Å². The van der Waals surface area contributed by atoms with Gasteiger partial charge in [-0.3, -0.25) is 0 Å². The van der Waals surface area contributed by atoms with Crippen LogP contribution in [0.15, 0.2) is 24.3 Å². The molecule has 116 valence electrons. The van der Waals surface area contributed by atoms with Crippen LogP contribution in [-0.4, -0.2) is 37.7 Å². The zero-order chi connectivity index (χ0) is 14.9. The largest absolute Gasteiger partial charge is 0.490 e. The van der Waals surface area contributed by atoms with Crippen molar-refractivity contribution in [1.29, 1.82) is 0 Å². The van der Waals surface area contributed by atoms with Gasteiger partial charge in [0.1, 0.15) is 5.75 Å². The number of ether oxygens (including phenoxy) is 1. The average Bonchev–Trinajstić information content (AvgIpc) is 3.15. The summed E-state index contributed by atoms with van der Waals surface area (Å²) in [5.74, 6) is 1.02. The van der Waals surface area contributed by atoms with Gasteiger partial charge in [-0.05, 0) is 64.5 Å². The summed E-state index contributed by atoms with van der Waals surface area (Å²) < 4.78 is 5.86. The van der Waals surface area contributed by atoms with E-state index < -0.39 is 0 Å². The van der Waals surface area contributed by atoms with E-state index in [0.29, 0.717) is 12.1 Å². The van der Waals surface area contributed by atoms with Gasteiger partial charge in [0, 0.05) is 5.54 Å². The minimum absolute atomic E-state index is 0.244. The summed E-state index contributed by atoms with van der Waals surface area (Å²) in [6.07, 6.45) is 8.10. The van der Waals surface area contributed by atoms with Crippen LogP contribution in [0.2, 0.25) is 0 Å². The number of likely N-dealkylation sites (N-methyl/N-ethyl adjacent to an activating group) is 2. The lowest BCUT2D eigenvalue weighted by atomic mass is 9.82. The number of hydrogen-bond donors (Lipinski definition) is 1. The van der Waals surface area contributed by atoms with E-state index in [0.717, 1.165) is 5.75 Å². The maximum atomic E-state index is 5.86. The summed E-state index contributed by atoms with van der Waals surface area (Å²) in [6, 6.07) is 9.13. The van der Waals surface area contributed by atoms with Gasteiger partial charge in [-0.1, -0.05) is 25.0 Å². The molecule has 2 aliphatic rings. The molecular weight excluding hydrogens is 260 g/mol. The van der Waals surface area contributed by atoms with E-state index in [1.54, 1.807) is 0 Å². The van der Waals surface area contributed by atoms with Crippen molar-refractivity contribution in [3.63, 3.8) is 0 Å². The highest BCUT2D eigenvalue weighted by Crippen LogP contribution is 2.43. The smallest absolute Gasteiger partial charge is 0.119 e. The number of benzene rings is 1. The van der Waals surface area contributed by atoms with E-state index in [4.69, 9.17) is 4.74 Å². The third-order valence-corrected chi connectivity index (χ3v) is 5.23. The topological polar surface area (TPSA) is 24.5 Å². The van der Waals surface area contributed by atoms with E-state index in [9.17, 15) is 0 Å². The molecular formula is C18H28N2O. The molecule has 1 N–H and O–H groups in total. The summed E-state index contributed by atoms with van der Waals surface area (Å²) in [4.78, 5) is 2.43. The first-order valence-corrected chi connectivity index (χ1v) is 8.27. The fourth-order valence-electron chi connectivity index (χ4n) is 3.84. The van der Waals surface area contributed by atoms with Crippen molar-refractivity contribution in [3.05, 3.63) is 29.8 Å². The summed E-state index contributed by atoms with van der Waals surface area (Å²) in [7, 11) is 6.53. The number of hydrogen-bond acceptors (Lipinski definition) is 3. The molecule has 2 saturated carbocycles. The molecule has 0 saturated heterocycles. The van der Waals surface area contributed by atoms with Crippen molar-refractivity contribution >= 4 is 0 Å². The fraction of sp³-hybridized carbons (Fsp3) is 0.667. The SMILES string of the molecule is CNC(c1ccc(OC2CC2)cc1)C1(N(C)C)CCCC1. The zero-order valence-electron chi connectivity index (χ0n) is 13.6. The van der Waals surface area contributed by atoms with Crippen LogP contribution in [0.4, 0.5) is 0 Å². The molecule has 1 aromatic rings. The Hall–Kier alpha value is -1.06. The molecule has 3 heteroatoms. The van der Waals surface area contributed by atoms with E-state index >= 15 is 0 Å². The molecule has 0 radical (unpaired) electrons. The molecule has 0 aromatic heterocycles. The van der Waals surface area contributed by atoms with Gasteiger partial charge < -0.3 is 15.0 Å². The Labute approximate surface area is 128 Å². The molecule has 3 nitrogen and oxygen atoms in total. The normalized spacial score (nSPS) is 22.5. The first kappa shape index (κ1) is 14.9. The second kappa shape index (κ2) is 5.98. The maximum absolute atomic E-state index is 5.86. The van der Waals surface area contributed by atoms with E-state index in [1.165, 1.54) is 44.1 Å². The monoisotopic (exact) mass is 288 g/mol. The summed E-state index contributed by atoms with van der Waals surface area (Å²) in [5, 5.41) is 3.57. The highest BCUT2D eigenvalue weighted by molar-refractivity contribution is 5.32. The van der Waals surface area contributed by atoms with Crippen LogP contribution in [0.25, 0.3) is 0 Å². The third kappa shape index (κ3) is 2.95. The third-order valence-electron chi connectivity index (χ3n) is 5.23. The van der Waals surface area contributed by atoms with Gasteiger partial charge in [0.25, 0.3) is 0 Å². The summed E-state index contributed by atoms with van der Waals surface area (Å²) in [6.45, 7) is 0. The summed E-state index contributed by atoms with van der Waals surface area (Å²) >= 11 is 0. The van der Waals surface area contributed by atoms with E-state index in [-0.39, 0.29) is 5.54 Å². The Morgan fingerprint density at radius 1 is 1.14 bits per heavy atom. The lowest BCUT2D eigenvalue weighted by molar-refractivity contribution is 0.108. The maximum Gasteiger partial charge on any atom is 0.119 e. The van der Waals surface area contributed by atoms with Gasteiger partial charge in [-0.15, -0.1) is 0 Å². The fourth-order valence-corrected chi connectivity index (χ4v) is 3.84. The van der Waals surface area contributed by atoms with Gasteiger partial charge in [0.2, 0.25) is 0 Å². The van der Waals surface area contributed by atoms with Crippen LogP contribution in [-0.2, 0) is 0 Å². The molecule has 1 unspecified atom stereocenters. The molecule has 21 heavy (non-hydrogen) atoms. The lowest BCUT2D eigenvalue weighted by Gasteiger charge is -2.43. The van der Waals surface area contributed by atoms with Crippen LogP contribution in [0.5, 0.6) is 5.75 Å². The Morgan fingerprint density at radius 2 is 1.76 bits per heavy atom. The Balaban J connectivity index is 1.81. The Kier molecular flexibility index (Phi) is 4.23. The van der Waals surface area contributed by atoms with Crippen molar-refractivity contribution in [2.45, 2.75) is 56.2 Å². The Morgan fingerprint density at radius 3 is 2.24 bits per heavy atom. The van der Waals surface area contributed by atoms with Gasteiger partial charge in [-0.25, -0.2) is 0 Å². The van der Waals surface area contributed by atoms with Crippen LogP contribution < -0.4 is 10.1 Å². The van der Waals surface area contributed by atoms with Crippen molar-refractivity contribution in [3.8, 4) is 5.75 Å². The van der Waals surface area contributed by atoms with Crippen molar-refractivity contribution < 1.29 is 4.74 Å². The van der Waals surface area contributed by atoms with Gasteiger partial charge in [-0.2, -0.15) is 0 Å². The predicted octanol–water partition coefficient (Wildman–Crippen LogP) is 3.36. The van der Waals surface area contributed by atoms with Gasteiger partial charge in [0.15, 0.2) is 0 Å². The van der Waals surface area contributed by atoms with Crippen molar-refractivity contribution in [2.75, 3.05) is 21.1 Å². The molecule has 0 amide bonds. The van der Waals surface area contributed by atoms with Crippen LogP contribution in [0.1, 0.15) is 50.1 Å². The predicted molar refractivity (Wildman–Crippen MR) is 86.8 cm³/mol. The summed E-state index contributed by atoms with van der Waals surface area (Å²) in [5.41, 5.74) is 1.62. The van der Waals surface area contributed by atoms with Crippen LogP contribution in [0, 0.1) is 0 Å². The van der Waals surface area contributed by atoms with E-state index in [1.807, 2.05) is 0 Å². The number of nitrogens with one attached hydrogen (secondary N) is 1. The van der Waals surface area contributed by atoms with E-state index in [2.05, 4.69) is 55.6 Å². The highest BCUT2D eigenvalue weighted by atomic mass is 16.5. The van der Waals surface area contributed by atoms with Crippen LogP contribution in [0.3, 0.4) is 0 Å². The minimum atomic E-state index is 0.244.